The van der Waals surface area contributed by atoms with Gasteiger partial charge < -0.3 is 10.4 Å². The van der Waals surface area contributed by atoms with E-state index >= 15 is 0 Å². The first-order chi connectivity index (χ1) is 5.29. The molecule has 1 heterocycles. The van der Waals surface area contributed by atoms with Crippen molar-refractivity contribution < 1.29 is 9.90 Å². The Morgan fingerprint density at radius 3 is 2.64 bits per heavy atom. The van der Waals surface area contributed by atoms with Gasteiger partial charge in [0.05, 0.1) is 0 Å². The molecule has 1 saturated carbocycles. The zero-order valence-electron chi connectivity index (χ0n) is 6.42. The zero-order chi connectivity index (χ0) is 7.84. The van der Waals surface area contributed by atoms with Crippen molar-refractivity contribution >= 4 is 5.97 Å². The minimum Gasteiger partial charge on any atom is -0.481 e. The summed E-state index contributed by atoms with van der Waals surface area (Å²) in [5, 5.41) is 11.7. The summed E-state index contributed by atoms with van der Waals surface area (Å²) in [5.74, 6) is 1.71. The molecule has 2 aliphatic rings. The lowest BCUT2D eigenvalue weighted by molar-refractivity contribution is -0.137. The van der Waals surface area contributed by atoms with Gasteiger partial charge in [0, 0.05) is 6.42 Å². The summed E-state index contributed by atoms with van der Waals surface area (Å²) in [5.41, 5.74) is 0. The maximum Gasteiger partial charge on any atom is 0.303 e. The van der Waals surface area contributed by atoms with E-state index in [2.05, 4.69) is 5.32 Å². The standard InChI is InChI=1S/C8H13NO2/c10-8(11)2-1-5-6-3-9-4-7(5)6/h5-7,9H,1-4H2,(H,10,11)/t5?,6-,7+. The molecule has 3 heteroatoms. The number of aliphatic carboxylic acids is 1. The normalized spacial score (nSPS) is 40.2. The van der Waals surface area contributed by atoms with Crippen LogP contribution in [-0.4, -0.2) is 24.2 Å². The van der Waals surface area contributed by atoms with Crippen LogP contribution in [0.3, 0.4) is 0 Å². The van der Waals surface area contributed by atoms with E-state index < -0.39 is 5.97 Å². The van der Waals surface area contributed by atoms with Crippen LogP contribution >= 0.6 is 0 Å². The molecule has 3 nitrogen and oxygen atoms in total. The molecular weight excluding hydrogens is 142 g/mol. The van der Waals surface area contributed by atoms with Gasteiger partial charge in [0.1, 0.15) is 0 Å². The molecule has 2 rings (SSSR count). The third-order valence-electron chi connectivity index (χ3n) is 2.96. The predicted octanol–water partition coefficient (Wildman–Crippen LogP) is 0.317. The average molecular weight is 155 g/mol. The lowest BCUT2D eigenvalue weighted by Gasteiger charge is -2.00. The van der Waals surface area contributed by atoms with Gasteiger partial charge in [0.2, 0.25) is 0 Å². The van der Waals surface area contributed by atoms with Gasteiger partial charge in [-0.1, -0.05) is 0 Å². The summed E-state index contributed by atoms with van der Waals surface area (Å²) in [7, 11) is 0. The van der Waals surface area contributed by atoms with E-state index in [0.29, 0.717) is 6.42 Å². The Balaban J connectivity index is 1.71. The number of nitrogens with one attached hydrogen (secondary N) is 1. The Morgan fingerprint density at radius 1 is 1.45 bits per heavy atom. The van der Waals surface area contributed by atoms with Gasteiger partial charge in [-0.2, -0.15) is 0 Å². The lowest BCUT2D eigenvalue weighted by Crippen LogP contribution is -2.15. The molecule has 2 N–H and O–H groups in total. The van der Waals surface area contributed by atoms with Crippen LogP contribution in [0.2, 0.25) is 0 Å². The Labute approximate surface area is 65.8 Å². The van der Waals surface area contributed by atoms with Crippen LogP contribution in [0.5, 0.6) is 0 Å². The van der Waals surface area contributed by atoms with Crippen molar-refractivity contribution in [3.8, 4) is 0 Å². The summed E-state index contributed by atoms with van der Waals surface area (Å²) in [6.45, 7) is 2.24. The van der Waals surface area contributed by atoms with Crippen LogP contribution in [0, 0.1) is 17.8 Å². The molecule has 1 aliphatic carbocycles. The van der Waals surface area contributed by atoms with E-state index in [-0.39, 0.29) is 0 Å². The first-order valence-corrected chi connectivity index (χ1v) is 4.21. The predicted molar refractivity (Wildman–Crippen MR) is 40.2 cm³/mol. The van der Waals surface area contributed by atoms with Gasteiger partial charge in [-0.3, -0.25) is 4.79 Å². The van der Waals surface area contributed by atoms with Crippen LogP contribution in [0.1, 0.15) is 12.8 Å². The van der Waals surface area contributed by atoms with Crippen LogP contribution in [-0.2, 0) is 4.79 Å². The molecule has 3 atom stereocenters. The fourth-order valence-corrected chi connectivity index (χ4v) is 2.26. The molecule has 0 aromatic carbocycles. The summed E-state index contributed by atoms with van der Waals surface area (Å²) in [6.07, 6.45) is 1.25. The molecule has 62 valence electrons. The van der Waals surface area contributed by atoms with Crippen molar-refractivity contribution in [1.29, 1.82) is 0 Å². The van der Waals surface area contributed by atoms with Crippen LogP contribution in [0.25, 0.3) is 0 Å². The second kappa shape index (κ2) is 2.48. The molecule has 1 aliphatic heterocycles. The molecule has 2 fully saturated rings. The molecule has 0 spiro atoms. The fraction of sp³-hybridized carbons (Fsp3) is 0.875. The van der Waals surface area contributed by atoms with Crippen molar-refractivity contribution in [3.63, 3.8) is 0 Å². The van der Waals surface area contributed by atoms with E-state index in [1.165, 1.54) is 0 Å². The number of hydrogen-bond acceptors (Lipinski definition) is 2. The summed E-state index contributed by atoms with van der Waals surface area (Å²) in [6, 6.07) is 0. The Kier molecular flexibility index (Phi) is 1.60. The third-order valence-corrected chi connectivity index (χ3v) is 2.96. The summed E-state index contributed by atoms with van der Waals surface area (Å²) < 4.78 is 0. The average Bonchev–Trinajstić information content (AvgIpc) is 2.44. The van der Waals surface area contributed by atoms with Gasteiger partial charge in [0.15, 0.2) is 0 Å². The Hall–Kier alpha value is -0.570. The van der Waals surface area contributed by atoms with E-state index in [1.807, 2.05) is 0 Å². The van der Waals surface area contributed by atoms with E-state index in [0.717, 1.165) is 37.3 Å². The number of rotatable bonds is 3. The molecular formula is C8H13NO2. The number of hydrogen-bond donors (Lipinski definition) is 2. The van der Waals surface area contributed by atoms with E-state index in [9.17, 15) is 4.79 Å². The minimum absolute atomic E-state index is 0.359. The van der Waals surface area contributed by atoms with E-state index in [1.54, 1.807) is 0 Å². The molecule has 0 aromatic heterocycles. The molecule has 0 amide bonds. The van der Waals surface area contributed by atoms with Gasteiger partial charge in [-0.25, -0.2) is 0 Å². The highest BCUT2D eigenvalue weighted by molar-refractivity contribution is 5.66. The first kappa shape index (κ1) is 7.10. The quantitative estimate of drug-likeness (QED) is 0.617. The second-order valence-corrected chi connectivity index (χ2v) is 3.58. The van der Waals surface area contributed by atoms with Crippen LogP contribution < -0.4 is 5.32 Å². The van der Waals surface area contributed by atoms with Crippen molar-refractivity contribution in [3.05, 3.63) is 0 Å². The van der Waals surface area contributed by atoms with Gasteiger partial charge in [-0.05, 0) is 37.3 Å². The van der Waals surface area contributed by atoms with Crippen molar-refractivity contribution in [1.82, 2.24) is 5.32 Å². The number of fused-ring (bicyclic) bond motifs is 1. The Morgan fingerprint density at radius 2 is 2.09 bits per heavy atom. The van der Waals surface area contributed by atoms with Crippen LogP contribution in [0.4, 0.5) is 0 Å². The molecule has 1 saturated heterocycles. The number of carboxylic acid groups (broad SMARTS) is 1. The fourth-order valence-electron chi connectivity index (χ4n) is 2.26. The molecule has 1 unspecified atom stereocenters. The summed E-state index contributed by atoms with van der Waals surface area (Å²) in [4.78, 5) is 10.2. The maximum atomic E-state index is 10.2. The highest BCUT2D eigenvalue weighted by Crippen LogP contribution is 2.51. The number of carboxylic acids is 1. The lowest BCUT2D eigenvalue weighted by atomic mass is 10.1. The van der Waals surface area contributed by atoms with Gasteiger partial charge in [-0.15, -0.1) is 0 Å². The SMILES string of the molecule is O=C(O)CCC1[C@H]2CNC[C@@H]12. The minimum atomic E-state index is -0.650. The molecule has 0 aromatic rings. The molecule has 0 bridgehead atoms. The molecule has 0 radical (unpaired) electrons. The largest absolute Gasteiger partial charge is 0.481 e. The smallest absolute Gasteiger partial charge is 0.303 e. The Bertz CT molecular complexity index is 171. The molecule has 11 heavy (non-hydrogen) atoms. The first-order valence-electron chi connectivity index (χ1n) is 4.21. The van der Waals surface area contributed by atoms with E-state index in [4.69, 9.17) is 5.11 Å². The van der Waals surface area contributed by atoms with Gasteiger partial charge in [0.25, 0.3) is 0 Å². The van der Waals surface area contributed by atoms with Crippen molar-refractivity contribution in [2.45, 2.75) is 12.8 Å². The third kappa shape index (κ3) is 1.25. The second-order valence-electron chi connectivity index (χ2n) is 3.58. The highest BCUT2D eigenvalue weighted by atomic mass is 16.4. The number of carbonyl (C=O) groups is 1. The highest BCUT2D eigenvalue weighted by Gasteiger charge is 2.51. The topological polar surface area (TPSA) is 49.3 Å². The monoisotopic (exact) mass is 155 g/mol. The van der Waals surface area contributed by atoms with Gasteiger partial charge >= 0.3 is 5.97 Å². The van der Waals surface area contributed by atoms with Crippen molar-refractivity contribution in [2.24, 2.45) is 17.8 Å². The summed E-state index contributed by atoms with van der Waals surface area (Å²) >= 11 is 0. The maximum absolute atomic E-state index is 10.2. The number of piperidine rings is 1. The zero-order valence-corrected chi connectivity index (χ0v) is 6.42. The van der Waals surface area contributed by atoms with Crippen LogP contribution in [0.15, 0.2) is 0 Å². The van der Waals surface area contributed by atoms with Crippen molar-refractivity contribution in [2.75, 3.05) is 13.1 Å².